The molecule has 0 unspecified atom stereocenters. The van der Waals surface area contributed by atoms with Crippen LogP contribution >= 0.6 is 0 Å². The Kier molecular flexibility index (Phi) is 5.02. The molecule has 5 nitrogen and oxygen atoms in total. The van der Waals surface area contributed by atoms with Crippen molar-refractivity contribution in [1.82, 2.24) is 9.80 Å². The van der Waals surface area contributed by atoms with Crippen molar-refractivity contribution in [3.05, 3.63) is 0 Å². The molecule has 0 amide bonds. The first-order valence-electron chi connectivity index (χ1n) is 5.70. The van der Waals surface area contributed by atoms with Crippen molar-refractivity contribution in [2.45, 2.75) is 25.0 Å². The lowest BCUT2D eigenvalue weighted by Crippen LogP contribution is -2.36. The molecule has 1 aliphatic rings. The Labute approximate surface area is 97.7 Å². The van der Waals surface area contributed by atoms with Crippen molar-refractivity contribution in [3.63, 3.8) is 0 Å². The van der Waals surface area contributed by atoms with Crippen LogP contribution in [0.4, 0.5) is 0 Å². The first-order chi connectivity index (χ1) is 7.54. The summed E-state index contributed by atoms with van der Waals surface area (Å²) in [4.78, 5) is 8.50. The van der Waals surface area contributed by atoms with Crippen molar-refractivity contribution < 1.29 is 9.84 Å². The van der Waals surface area contributed by atoms with Gasteiger partial charge < -0.3 is 19.6 Å². The summed E-state index contributed by atoms with van der Waals surface area (Å²) >= 11 is 0. The summed E-state index contributed by atoms with van der Waals surface area (Å²) in [6, 6.07) is 0. The molecule has 0 radical (unpaired) electrons. The maximum Gasteiger partial charge on any atom is 0.195 e. The van der Waals surface area contributed by atoms with E-state index in [2.05, 4.69) is 4.99 Å². The summed E-state index contributed by atoms with van der Waals surface area (Å²) in [7, 11) is 7.91. The van der Waals surface area contributed by atoms with Crippen LogP contribution in [0.15, 0.2) is 4.99 Å². The van der Waals surface area contributed by atoms with Gasteiger partial charge >= 0.3 is 0 Å². The van der Waals surface area contributed by atoms with Gasteiger partial charge in [-0.15, -0.1) is 0 Å². The zero-order valence-electron chi connectivity index (χ0n) is 10.7. The summed E-state index contributed by atoms with van der Waals surface area (Å²) < 4.78 is 5.63. The van der Waals surface area contributed by atoms with Gasteiger partial charge in [0, 0.05) is 28.2 Å². The Hall–Kier alpha value is -0.810. The molecule has 94 valence electrons. The molecular weight excluding hydrogens is 206 g/mol. The molecule has 1 fully saturated rings. The molecule has 0 bridgehead atoms. The molecule has 1 heterocycles. The van der Waals surface area contributed by atoms with Gasteiger partial charge in [-0.05, 0) is 12.8 Å². The highest BCUT2D eigenvalue weighted by Gasteiger charge is 2.24. The third-order valence-electron chi connectivity index (χ3n) is 2.64. The van der Waals surface area contributed by atoms with Gasteiger partial charge in [0.2, 0.25) is 0 Å². The van der Waals surface area contributed by atoms with Crippen molar-refractivity contribution in [2.24, 2.45) is 4.99 Å². The van der Waals surface area contributed by atoms with Gasteiger partial charge in [-0.3, -0.25) is 4.99 Å². The summed E-state index contributed by atoms with van der Waals surface area (Å²) in [5, 5.41) is 8.96. The Balaban J connectivity index is 2.45. The van der Waals surface area contributed by atoms with E-state index in [1.165, 1.54) is 0 Å². The molecule has 16 heavy (non-hydrogen) atoms. The number of aliphatic hydroxyl groups excluding tert-OH is 1. The minimum absolute atomic E-state index is 0.0161. The van der Waals surface area contributed by atoms with E-state index in [9.17, 15) is 0 Å². The second kappa shape index (κ2) is 6.06. The third kappa shape index (κ3) is 3.64. The Bertz CT molecular complexity index is 231. The van der Waals surface area contributed by atoms with Crippen molar-refractivity contribution in [3.8, 4) is 0 Å². The minimum atomic E-state index is 0.0161. The predicted octanol–water partition coefficient (Wildman–Crippen LogP) is 0.00550. The number of aliphatic hydroxyl groups is 1. The number of hydrogen-bond donors (Lipinski definition) is 1. The Morgan fingerprint density at radius 2 is 1.75 bits per heavy atom. The molecule has 1 N–H and O–H groups in total. The first-order valence-corrected chi connectivity index (χ1v) is 5.70. The number of guanidine groups is 1. The SMILES string of the molecule is CN(C)C(=NC[C@H]1CC[C@@H](CO)O1)N(C)C. The van der Waals surface area contributed by atoms with Gasteiger partial charge in [0.15, 0.2) is 5.96 Å². The topological polar surface area (TPSA) is 48.3 Å². The van der Waals surface area contributed by atoms with Gasteiger partial charge in [-0.25, -0.2) is 0 Å². The molecule has 2 atom stereocenters. The molecule has 0 saturated carbocycles. The van der Waals surface area contributed by atoms with Crippen LogP contribution in [0.1, 0.15) is 12.8 Å². The average molecular weight is 229 g/mol. The van der Waals surface area contributed by atoms with Gasteiger partial charge in [-0.2, -0.15) is 0 Å². The lowest BCUT2D eigenvalue weighted by Gasteiger charge is -2.23. The minimum Gasteiger partial charge on any atom is -0.394 e. The second-order valence-electron chi connectivity index (χ2n) is 4.57. The fraction of sp³-hybridized carbons (Fsp3) is 0.909. The molecular formula is C11H23N3O2. The largest absolute Gasteiger partial charge is 0.394 e. The second-order valence-corrected chi connectivity index (χ2v) is 4.57. The summed E-state index contributed by atoms with van der Waals surface area (Å²) in [5.41, 5.74) is 0. The molecule has 0 spiro atoms. The lowest BCUT2D eigenvalue weighted by atomic mass is 10.2. The van der Waals surface area contributed by atoms with Gasteiger partial charge in [0.25, 0.3) is 0 Å². The van der Waals surface area contributed by atoms with Crippen molar-refractivity contribution >= 4 is 5.96 Å². The first kappa shape index (κ1) is 13.3. The van der Waals surface area contributed by atoms with Crippen LogP contribution in [0.5, 0.6) is 0 Å². The van der Waals surface area contributed by atoms with E-state index in [0.717, 1.165) is 18.8 Å². The summed E-state index contributed by atoms with van der Waals surface area (Å²) in [6.45, 7) is 0.788. The molecule has 0 aliphatic carbocycles. The highest BCUT2D eigenvalue weighted by atomic mass is 16.5. The van der Waals surface area contributed by atoms with E-state index in [-0.39, 0.29) is 18.8 Å². The van der Waals surface area contributed by atoms with Crippen LogP contribution < -0.4 is 0 Å². The molecule has 0 aromatic carbocycles. The van der Waals surface area contributed by atoms with Crippen LogP contribution in [0.25, 0.3) is 0 Å². The van der Waals surface area contributed by atoms with Crippen LogP contribution in [-0.2, 0) is 4.74 Å². The van der Waals surface area contributed by atoms with Gasteiger partial charge in [0.05, 0.1) is 25.4 Å². The number of ether oxygens (including phenoxy) is 1. The fourth-order valence-electron chi connectivity index (χ4n) is 1.91. The number of rotatable bonds is 3. The molecule has 5 heteroatoms. The van der Waals surface area contributed by atoms with E-state index >= 15 is 0 Å². The maximum atomic E-state index is 8.96. The van der Waals surface area contributed by atoms with Gasteiger partial charge in [0.1, 0.15) is 0 Å². The lowest BCUT2D eigenvalue weighted by molar-refractivity contribution is 0.0158. The normalized spacial score (nSPS) is 24.3. The van der Waals surface area contributed by atoms with E-state index in [0.29, 0.717) is 6.54 Å². The number of nitrogens with zero attached hydrogens (tertiary/aromatic N) is 3. The molecule has 0 aromatic rings. The molecule has 0 aromatic heterocycles. The Morgan fingerprint density at radius 3 is 2.19 bits per heavy atom. The van der Waals surface area contributed by atoms with E-state index in [1.54, 1.807) is 0 Å². The third-order valence-corrected chi connectivity index (χ3v) is 2.64. The summed E-state index contributed by atoms with van der Waals surface area (Å²) in [6.07, 6.45) is 2.10. The Morgan fingerprint density at radius 1 is 1.19 bits per heavy atom. The number of aliphatic imine (C=N–C) groups is 1. The van der Waals surface area contributed by atoms with E-state index in [4.69, 9.17) is 9.84 Å². The maximum absolute atomic E-state index is 8.96. The summed E-state index contributed by atoms with van der Waals surface area (Å²) in [5.74, 6) is 0.941. The standard InChI is InChI=1S/C11H23N3O2/c1-13(2)11(14(3)4)12-7-9-5-6-10(8-15)16-9/h9-10,15H,5-8H2,1-4H3/t9-,10+/m1/s1. The van der Waals surface area contributed by atoms with Gasteiger partial charge in [-0.1, -0.05) is 0 Å². The molecule has 1 aliphatic heterocycles. The van der Waals surface area contributed by atoms with Crippen LogP contribution in [0.3, 0.4) is 0 Å². The molecule has 1 rings (SSSR count). The average Bonchev–Trinajstić information content (AvgIpc) is 2.65. The zero-order chi connectivity index (χ0) is 12.1. The highest BCUT2D eigenvalue weighted by Crippen LogP contribution is 2.19. The van der Waals surface area contributed by atoms with Crippen LogP contribution in [0.2, 0.25) is 0 Å². The zero-order valence-corrected chi connectivity index (χ0v) is 10.7. The van der Waals surface area contributed by atoms with E-state index in [1.807, 2.05) is 38.0 Å². The van der Waals surface area contributed by atoms with Crippen LogP contribution in [0, 0.1) is 0 Å². The monoisotopic (exact) mass is 229 g/mol. The van der Waals surface area contributed by atoms with Crippen molar-refractivity contribution in [1.29, 1.82) is 0 Å². The van der Waals surface area contributed by atoms with Crippen molar-refractivity contribution in [2.75, 3.05) is 41.3 Å². The smallest absolute Gasteiger partial charge is 0.195 e. The highest BCUT2D eigenvalue weighted by molar-refractivity contribution is 5.79. The fourth-order valence-corrected chi connectivity index (χ4v) is 1.91. The quantitative estimate of drug-likeness (QED) is 0.547. The van der Waals surface area contributed by atoms with Crippen LogP contribution in [-0.4, -0.2) is 74.4 Å². The molecule has 1 saturated heterocycles. The number of hydrogen-bond acceptors (Lipinski definition) is 3. The predicted molar refractivity (Wildman–Crippen MR) is 64.7 cm³/mol. The van der Waals surface area contributed by atoms with E-state index < -0.39 is 0 Å².